The highest BCUT2D eigenvalue weighted by atomic mass is 16.8. The first-order chi connectivity index (χ1) is 12.1. The molecule has 8 nitrogen and oxygen atoms in total. The van der Waals surface area contributed by atoms with Crippen LogP contribution in [0.15, 0.2) is 0 Å². The summed E-state index contributed by atoms with van der Waals surface area (Å²) in [5, 5.41) is 0. The summed E-state index contributed by atoms with van der Waals surface area (Å²) in [6, 6.07) is 0. The largest absolute Gasteiger partial charge is 0.463 e. The molecule has 25 heavy (non-hydrogen) atoms. The van der Waals surface area contributed by atoms with E-state index >= 15 is 0 Å². The smallest absolute Gasteiger partial charge is 0.305 e. The number of ether oxygens (including phenoxy) is 6. The molecule has 2 saturated heterocycles. The van der Waals surface area contributed by atoms with Crippen molar-refractivity contribution in [1.29, 1.82) is 0 Å². The molecule has 0 aromatic heterocycles. The normalized spacial score (nSPS) is 29.4. The third-order valence-electron chi connectivity index (χ3n) is 3.78. The monoisotopic (exact) mass is 360 g/mol. The lowest BCUT2D eigenvalue weighted by Gasteiger charge is -2.44. The third kappa shape index (κ3) is 6.54. The van der Waals surface area contributed by atoms with Gasteiger partial charge in [-0.25, -0.2) is 0 Å². The number of carbonyl (C=O) groups is 2. The number of hydrogen-bond acceptors (Lipinski definition) is 8. The van der Waals surface area contributed by atoms with E-state index in [1.807, 2.05) is 13.8 Å². The van der Waals surface area contributed by atoms with Crippen molar-refractivity contribution in [1.82, 2.24) is 0 Å². The summed E-state index contributed by atoms with van der Waals surface area (Å²) < 4.78 is 33.3. The summed E-state index contributed by atoms with van der Waals surface area (Å²) in [7, 11) is 0. The molecule has 0 bridgehead atoms. The van der Waals surface area contributed by atoms with Gasteiger partial charge in [0.15, 0.2) is 0 Å². The summed E-state index contributed by atoms with van der Waals surface area (Å²) in [4.78, 5) is 23.0. The molecule has 2 heterocycles. The first kappa shape index (κ1) is 20.1. The van der Waals surface area contributed by atoms with Crippen LogP contribution in [0.5, 0.6) is 0 Å². The fourth-order valence-electron chi connectivity index (χ4n) is 2.66. The van der Waals surface area contributed by atoms with Gasteiger partial charge in [0.2, 0.25) is 5.79 Å². The quantitative estimate of drug-likeness (QED) is 0.597. The fourth-order valence-corrected chi connectivity index (χ4v) is 2.66. The van der Waals surface area contributed by atoms with E-state index in [1.54, 1.807) is 0 Å². The molecule has 0 aromatic rings. The molecule has 0 radical (unpaired) electrons. The van der Waals surface area contributed by atoms with Crippen LogP contribution in [-0.2, 0) is 38.0 Å². The molecule has 3 atom stereocenters. The van der Waals surface area contributed by atoms with E-state index in [0.717, 1.165) is 12.8 Å². The van der Waals surface area contributed by atoms with Crippen molar-refractivity contribution < 1.29 is 38.0 Å². The van der Waals surface area contributed by atoms with Gasteiger partial charge in [-0.1, -0.05) is 13.8 Å². The zero-order valence-electron chi connectivity index (χ0n) is 15.0. The van der Waals surface area contributed by atoms with Crippen molar-refractivity contribution in [3.63, 3.8) is 0 Å². The molecule has 2 aliphatic rings. The van der Waals surface area contributed by atoms with Gasteiger partial charge in [-0.05, 0) is 12.8 Å². The van der Waals surface area contributed by atoms with Gasteiger partial charge in [-0.2, -0.15) is 0 Å². The lowest BCUT2D eigenvalue weighted by molar-refractivity contribution is -0.374. The summed E-state index contributed by atoms with van der Waals surface area (Å²) in [5.74, 6) is -1.57. The van der Waals surface area contributed by atoms with Crippen LogP contribution < -0.4 is 0 Å². The van der Waals surface area contributed by atoms with Crippen molar-refractivity contribution in [2.45, 2.75) is 57.5 Å². The molecule has 1 unspecified atom stereocenters. The number of carbonyl (C=O) groups excluding carboxylic acids is 2. The number of rotatable bonds is 8. The molecule has 8 heteroatoms. The molecule has 1 spiro atoms. The Kier molecular flexibility index (Phi) is 8.08. The molecule has 2 fully saturated rings. The second kappa shape index (κ2) is 10.1. The van der Waals surface area contributed by atoms with E-state index in [9.17, 15) is 9.59 Å². The van der Waals surface area contributed by atoms with E-state index in [-0.39, 0.29) is 38.4 Å². The second-order valence-electron chi connectivity index (χ2n) is 6.29. The van der Waals surface area contributed by atoms with Crippen molar-refractivity contribution in [3.05, 3.63) is 0 Å². The van der Waals surface area contributed by atoms with Crippen LogP contribution in [0.2, 0.25) is 0 Å². The molecule has 0 amide bonds. The summed E-state index contributed by atoms with van der Waals surface area (Å²) in [6.07, 6.45) is 1.40. The van der Waals surface area contributed by atoms with E-state index in [1.165, 1.54) is 0 Å². The number of esters is 2. The highest BCUT2D eigenvalue weighted by Gasteiger charge is 2.45. The van der Waals surface area contributed by atoms with Gasteiger partial charge in [0.25, 0.3) is 0 Å². The van der Waals surface area contributed by atoms with Gasteiger partial charge in [0.1, 0.15) is 38.6 Å². The fraction of sp³-hybridized carbons (Fsp3) is 0.882. The lowest BCUT2D eigenvalue weighted by atomic mass is 10.2. The topological polar surface area (TPSA) is 89.5 Å². The van der Waals surface area contributed by atoms with Gasteiger partial charge >= 0.3 is 11.9 Å². The van der Waals surface area contributed by atoms with Crippen molar-refractivity contribution in [3.8, 4) is 0 Å². The van der Waals surface area contributed by atoms with Crippen molar-refractivity contribution in [2.75, 3.05) is 39.6 Å². The molecular weight excluding hydrogens is 332 g/mol. The molecule has 0 aromatic carbocycles. The van der Waals surface area contributed by atoms with Crippen LogP contribution in [-0.4, -0.2) is 69.6 Å². The first-order valence-electron chi connectivity index (χ1n) is 8.89. The van der Waals surface area contributed by atoms with Crippen molar-refractivity contribution >= 4 is 11.9 Å². The zero-order valence-corrected chi connectivity index (χ0v) is 15.0. The Morgan fingerprint density at radius 3 is 1.72 bits per heavy atom. The standard InChI is InChI=1S/C17H28O8/c1-3-5-15(18)22-9-13-7-20-11-17(24-13)12-21-8-14(25-17)10-23-16(19)6-4-2/h13-14H,3-12H2,1-2H3/t13-,14+,17?. The minimum Gasteiger partial charge on any atom is -0.463 e. The molecule has 0 aliphatic carbocycles. The summed E-state index contributed by atoms with van der Waals surface area (Å²) in [5.41, 5.74) is 0. The maximum atomic E-state index is 11.5. The van der Waals surface area contributed by atoms with Gasteiger partial charge in [-0.3, -0.25) is 9.59 Å². The average Bonchev–Trinajstić information content (AvgIpc) is 2.59. The Hall–Kier alpha value is -1.22. The van der Waals surface area contributed by atoms with E-state index in [2.05, 4.69) is 0 Å². The van der Waals surface area contributed by atoms with Gasteiger partial charge in [-0.15, -0.1) is 0 Å². The Morgan fingerprint density at radius 2 is 1.32 bits per heavy atom. The maximum absolute atomic E-state index is 11.5. The Bertz CT molecular complexity index is 398. The van der Waals surface area contributed by atoms with E-state index < -0.39 is 18.0 Å². The van der Waals surface area contributed by atoms with Gasteiger partial charge in [0, 0.05) is 12.8 Å². The maximum Gasteiger partial charge on any atom is 0.305 e. The highest BCUT2D eigenvalue weighted by molar-refractivity contribution is 5.69. The van der Waals surface area contributed by atoms with Crippen LogP contribution in [0.4, 0.5) is 0 Å². The third-order valence-corrected chi connectivity index (χ3v) is 3.78. The van der Waals surface area contributed by atoms with E-state index in [0.29, 0.717) is 26.1 Å². The van der Waals surface area contributed by atoms with Crippen LogP contribution in [0.1, 0.15) is 39.5 Å². The zero-order chi connectivity index (χ0) is 18.1. The molecule has 0 saturated carbocycles. The molecular formula is C17H28O8. The van der Waals surface area contributed by atoms with E-state index in [4.69, 9.17) is 28.4 Å². The average molecular weight is 360 g/mol. The molecule has 2 aliphatic heterocycles. The summed E-state index contributed by atoms with van der Waals surface area (Å²) in [6.45, 7) is 5.12. The van der Waals surface area contributed by atoms with Crippen LogP contribution in [0, 0.1) is 0 Å². The number of hydrogen-bond donors (Lipinski definition) is 0. The van der Waals surface area contributed by atoms with Crippen LogP contribution in [0.3, 0.4) is 0 Å². The van der Waals surface area contributed by atoms with Crippen LogP contribution in [0.25, 0.3) is 0 Å². The minimum absolute atomic E-state index is 0.111. The Labute approximate surface area is 148 Å². The predicted molar refractivity (Wildman–Crippen MR) is 85.8 cm³/mol. The molecule has 2 rings (SSSR count). The van der Waals surface area contributed by atoms with Gasteiger partial charge in [0.05, 0.1) is 13.2 Å². The van der Waals surface area contributed by atoms with Gasteiger partial charge < -0.3 is 28.4 Å². The Morgan fingerprint density at radius 1 is 0.880 bits per heavy atom. The molecule has 144 valence electrons. The predicted octanol–water partition coefficient (Wildman–Crippen LogP) is 1.20. The Balaban J connectivity index is 1.80. The second-order valence-corrected chi connectivity index (χ2v) is 6.29. The first-order valence-corrected chi connectivity index (χ1v) is 8.89. The lowest BCUT2D eigenvalue weighted by Crippen LogP contribution is -2.59. The minimum atomic E-state index is -1.06. The highest BCUT2D eigenvalue weighted by Crippen LogP contribution is 2.27. The summed E-state index contributed by atoms with van der Waals surface area (Å²) >= 11 is 0. The SMILES string of the molecule is CCCC(=O)OC[C@H]1COCC2(COC[C@@H](COC(=O)CCC)O2)O1. The molecule has 0 N–H and O–H groups in total. The van der Waals surface area contributed by atoms with Crippen molar-refractivity contribution in [2.24, 2.45) is 0 Å². The van der Waals surface area contributed by atoms with Crippen LogP contribution >= 0.6 is 0 Å².